The first-order valence-corrected chi connectivity index (χ1v) is 10.1. The summed E-state index contributed by atoms with van der Waals surface area (Å²) < 4.78 is 1.11. The van der Waals surface area contributed by atoms with Crippen LogP contribution < -0.4 is 0 Å². The minimum Gasteiger partial charge on any atom is -0.336 e. The molecule has 3 aromatic rings. The third kappa shape index (κ3) is 4.28. The Hall–Kier alpha value is -2.45. The molecule has 0 fully saturated rings. The quantitative estimate of drug-likeness (QED) is 0.333. The number of thioether (sulfide) groups is 1. The number of amides is 1. The van der Waals surface area contributed by atoms with Crippen LogP contribution in [0.15, 0.2) is 53.4 Å². The van der Waals surface area contributed by atoms with Crippen molar-refractivity contribution in [3.05, 3.63) is 63.7 Å². The number of hydrogen-bond acceptors (Lipinski definition) is 6. The summed E-state index contributed by atoms with van der Waals surface area (Å²) in [4.78, 5) is 30.3. The van der Waals surface area contributed by atoms with Gasteiger partial charge in [-0.25, -0.2) is 4.98 Å². The van der Waals surface area contributed by atoms with E-state index in [-0.39, 0.29) is 22.9 Å². The number of nitro benzene ring substituents is 1. The lowest BCUT2D eigenvalue weighted by Crippen LogP contribution is -2.35. The van der Waals surface area contributed by atoms with Gasteiger partial charge >= 0.3 is 0 Å². The molecule has 1 aromatic heterocycles. The number of benzene rings is 2. The van der Waals surface area contributed by atoms with Gasteiger partial charge in [-0.1, -0.05) is 12.1 Å². The SMILES string of the molecule is C[C@H](Sc1ccc([N+](=O)[O-])cc1)C(=O)N(C)[C@H](C)c1nc2ccccc2s1. The number of fused-ring (bicyclic) bond motifs is 1. The summed E-state index contributed by atoms with van der Waals surface area (Å²) in [6.07, 6.45) is 0. The number of carbonyl (C=O) groups excluding carboxylic acids is 1. The summed E-state index contributed by atoms with van der Waals surface area (Å²) in [7, 11) is 1.78. The van der Waals surface area contributed by atoms with Crippen LogP contribution in [-0.2, 0) is 4.79 Å². The lowest BCUT2D eigenvalue weighted by molar-refractivity contribution is -0.384. The molecule has 1 heterocycles. The zero-order chi connectivity index (χ0) is 19.6. The number of rotatable bonds is 6. The van der Waals surface area contributed by atoms with Crippen molar-refractivity contribution >= 4 is 44.9 Å². The van der Waals surface area contributed by atoms with Crippen molar-refractivity contribution in [1.82, 2.24) is 9.88 Å². The molecule has 0 unspecified atom stereocenters. The van der Waals surface area contributed by atoms with Crippen molar-refractivity contribution in [2.24, 2.45) is 0 Å². The Labute approximate surface area is 165 Å². The molecule has 0 aliphatic rings. The molecule has 2 atom stereocenters. The van der Waals surface area contributed by atoms with E-state index in [1.54, 1.807) is 35.4 Å². The van der Waals surface area contributed by atoms with Crippen LogP contribution in [-0.4, -0.2) is 33.0 Å². The van der Waals surface area contributed by atoms with E-state index in [1.165, 1.54) is 23.9 Å². The highest BCUT2D eigenvalue weighted by Crippen LogP contribution is 2.31. The number of carbonyl (C=O) groups is 1. The fraction of sp³-hybridized carbons (Fsp3) is 0.263. The van der Waals surface area contributed by atoms with E-state index in [0.717, 1.165) is 20.1 Å². The van der Waals surface area contributed by atoms with E-state index in [1.807, 2.05) is 38.1 Å². The van der Waals surface area contributed by atoms with Crippen LogP contribution in [0.2, 0.25) is 0 Å². The maximum Gasteiger partial charge on any atom is 0.269 e. The Morgan fingerprint density at radius 2 is 1.85 bits per heavy atom. The number of aromatic nitrogens is 1. The Morgan fingerprint density at radius 1 is 1.19 bits per heavy atom. The Morgan fingerprint density at radius 3 is 2.48 bits per heavy atom. The molecule has 0 saturated carbocycles. The van der Waals surface area contributed by atoms with Crippen molar-refractivity contribution < 1.29 is 9.72 Å². The van der Waals surface area contributed by atoms with Crippen molar-refractivity contribution in [2.45, 2.75) is 30.0 Å². The van der Waals surface area contributed by atoms with Gasteiger partial charge in [0.1, 0.15) is 5.01 Å². The van der Waals surface area contributed by atoms with Crippen LogP contribution in [0.5, 0.6) is 0 Å². The highest BCUT2D eigenvalue weighted by molar-refractivity contribution is 8.00. The van der Waals surface area contributed by atoms with Gasteiger partial charge in [0.05, 0.1) is 26.4 Å². The van der Waals surface area contributed by atoms with Gasteiger partial charge in [0.25, 0.3) is 5.69 Å². The summed E-state index contributed by atoms with van der Waals surface area (Å²) in [6, 6.07) is 14.0. The molecule has 3 rings (SSSR count). The maximum absolute atomic E-state index is 12.8. The molecule has 27 heavy (non-hydrogen) atoms. The summed E-state index contributed by atoms with van der Waals surface area (Å²) in [5, 5.41) is 11.3. The standard InChI is InChI=1S/C19H19N3O3S2/c1-12(18-20-16-6-4-5-7-17(16)27-18)21(3)19(23)13(2)26-15-10-8-14(9-11-15)22(24)25/h4-13H,1-3H3/t12-,13+/m1/s1. The summed E-state index contributed by atoms with van der Waals surface area (Å²) in [5.41, 5.74) is 0.985. The first kappa shape index (κ1) is 19.3. The molecule has 0 aliphatic heterocycles. The molecule has 8 heteroatoms. The smallest absolute Gasteiger partial charge is 0.269 e. The summed E-state index contributed by atoms with van der Waals surface area (Å²) >= 11 is 2.98. The zero-order valence-electron chi connectivity index (χ0n) is 15.2. The van der Waals surface area contributed by atoms with Crippen LogP contribution in [0.4, 0.5) is 5.69 Å². The van der Waals surface area contributed by atoms with Crippen LogP contribution in [0, 0.1) is 10.1 Å². The largest absolute Gasteiger partial charge is 0.336 e. The Bertz CT molecular complexity index is 939. The fourth-order valence-electron chi connectivity index (χ4n) is 2.61. The van der Waals surface area contributed by atoms with Gasteiger partial charge in [-0.3, -0.25) is 14.9 Å². The fourth-order valence-corrected chi connectivity index (χ4v) is 4.64. The molecular weight excluding hydrogens is 382 g/mol. The van der Waals surface area contributed by atoms with Gasteiger partial charge in [-0.2, -0.15) is 0 Å². The molecular formula is C19H19N3O3S2. The lowest BCUT2D eigenvalue weighted by Gasteiger charge is -2.26. The molecule has 0 spiro atoms. The average Bonchev–Trinajstić information content (AvgIpc) is 3.10. The third-order valence-electron chi connectivity index (χ3n) is 4.30. The normalized spacial score (nSPS) is 13.3. The predicted molar refractivity (Wildman–Crippen MR) is 109 cm³/mol. The molecule has 0 saturated heterocycles. The van der Waals surface area contributed by atoms with Crippen LogP contribution >= 0.6 is 23.1 Å². The molecule has 140 valence electrons. The average molecular weight is 402 g/mol. The predicted octanol–water partition coefficient (Wildman–Crippen LogP) is 4.90. The van der Waals surface area contributed by atoms with Gasteiger partial charge in [0, 0.05) is 24.1 Å². The summed E-state index contributed by atoms with van der Waals surface area (Å²) in [6.45, 7) is 3.81. The lowest BCUT2D eigenvalue weighted by atomic mass is 10.3. The monoisotopic (exact) mass is 401 g/mol. The summed E-state index contributed by atoms with van der Waals surface area (Å²) in [5.74, 6) is -0.00916. The van der Waals surface area contributed by atoms with E-state index in [4.69, 9.17) is 0 Å². The zero-order valence-corrected chi connectivity index (χ0v) is 16.8. The van der Waals surface area contributed by atoms with Crippen molar-refractivity contribution in [1.29, 1.82) is 0 Å². The van der Waals surface area contributed by atoms with E-state index in [0.29, 0.717) is 0 Å². The topological polar surface area (TPSA) is 76.3 Å². The van der Waals surface area contributed by atoms with Crippen LogP contribution in [0.25, 0.3) is 10.2 Å². The minimum atomic E-state index is -0.434. The molecule has 6 nitrogen and oxygen atoms in total. The number of hydrogen-bond donors (Lipinski definition) is 0. The number of para-hydroxylation sites is 1. The van der Waals surface area contributed by atoms with Gasteiger partial charge < -0.3 is 4.90 Å². The van der Waals surface area contributed by atoms with Crippen LogP contribution in [0.3, 0.4) is 0 Å². The second-order valence-corrected chi connectivity index (χ2v) is 8.63. The molecule has 2 aromatic carbocycles. The van der Waals surface area contributed by atoms with E-state index >= 15 is 0 Å². The third-order valence-corrected chi connectivity index (χ3v) is 6.61. The number of thiazole rings is 1. The van der Waals surface area contributed by atoms with E-state index in [2.05, 4.69) is 4.98 Å². The molecule has 1 amide bonds. The molecule has 0 bridgehead atoms. The maximum atomic E-state index is 12.8. The van der Waals surface area contributed by atoms with Gasteiger partial charge in [-0.05, 0) is 38.1 Å². The van der Waals surface area contributed by atoms with Gasteiger partial charge in [0.15, 0.2) is 0 Å². The number of nitro groups is 1. The van der Waals surface area contributed by atoms with Gasteiger partial charge in [-0.15, -0.1) is 23.1 Å². The van der Waals surface area contributed by atoms with E-state index < -0.39 is 4.92 Å². The molecule has 0 radical (unpaired) electrons. The highest BCUT2D eigenvalue weighted by atomic mass is 32.2. The second kappa shape index (κ2) is 8.06. The van der Waals surface area contributed by atoms with E-state index in [9.17, 15) is 14.9 Å². The number of nitrogens with zero attached hydrogens (tertiary/aromatic N) is 3. The highest BCUT2D eigenvalue weighted by Gasteiger charge is 2.25. The van der Waals surface area contributed by atoms with Crippen molar-refractivity contribution in [3.63, 3.8) is 0 Å². The minimum absolute atomic E-state index is 0.00916. The first-order valence-electron chi connectivity index (χ1n) is 8.40. The van der Waals surface area contributed by atoms with Crippen molar-refractivity contribution in [3.8, 4) is 0 Å². The van der Waals surface area contributed by atoms with Crippen LogP contribution in [0.1, 0.15) is 24.9 Å². The first-order chi connectivity index (χ1) is 12.9. The van der Waals surface area contributed by atoms with Gasteiger partial charge in [0.2, 0.25) is 5.91 Å². The Kier molecular flexibility index (Phi) is 5.76. The van der Waals surface area contributed by atoms with Crippen molar-refractivity contribution in [2.75, 3.05) is 7.05 Å². The Balaban J connectivity index is 1.68. The molecule has 0 aliphatic carbocycles. The number of non-ortho nitro benzene ring substituents is 1. The second-order valence-electron chi connectivity index (χ2n) is 6.16. The molecule has 0 N–H and O–H groups in total.